The zero-order valence-corrected chi connectivity index (χ0v) is 17.5. The molecule has 0 aliphatic carbocycles. The molecule has 116 valence electrons. The Balaban J connectivity index is 3.22. The third-order valence-corrected chi connectivity index (χ3v) is 5.26. The van der Waals surface area contributed by atoms with Gasteiger partial charge in [0, 0.05) is 36.9 Å². The molecule has 1 aromatic rings. The Morgan fingerprint density at radius 3 is 1.62 bits per heavy atom. The SMILES string of the molecule is NCCNC(=O)c1c(I)cc(I)c(C(=O)NCCN)c1I. The molecule has 6 N–H and O–H groups in total. The van der Waals surface area contributed by atoms with Crippen LogP contribution in [0.5, 0.6) is 0 Å². The number of rotatable bonds is 6. The van der Waals surface area contributed by atoms with Crippen LogP contribution >= 0.6 is 67.8 Å². The zero-order chi connectivity index (χ0) is 16.0. The van der Waals surface area contributed by atoms with Crippen molar-refractivity contribution in [3.8, 4) is 0 Å². The molecule has 0 fully saturated rings. The first kappa shape index (κ1) is 19.3. The highest BCUT2D eigenvalue weighted by Gasteiger charge is 2.23. The van der Waals surface area contributed by atoms with Crippen molar-refractivity contribution >= 4 is 79.6 Å². The molecule has 0 radical (unpaired) electrons. The van der Waals surface area contributed by atoms with Crippen LogP contribution in [0.2, 0.25) is 0 Å². The second-order valence-electron chi connectivity index (χ2n) is 3.99. The van der Waals surface area contributed by atoms with Crippen LogP contribution in [0.25, 0.3) is 0 Å². The first-order valence-corrected chi connectivity index (χ1v) is 9.31. The molecule has 0 unspecified atom stereocenters. The van der Waals surface area contributed by atoms with E-state index >= 15 is 0 Å². The molecule has 0 heterocycles. The highest BCUT2D eigenvalue weighted by atomic mass is 127. The van der Waals surface area contributed by atoms with Gasteiger partial charge in [0.2, 0.25) is 0 Å². The van der Waals surface area contributed by atoms with E-state index in [2.05, 4.69) is 55.8 Å². The summed E-state index contributed by atoms with van der Waals surface area (Å²) in [5, 5.41) is 5.46. The molecular weight excluding hydrogens is 613 g/mol. The van der Waals surface area contributed by atoms with E-state index in [1.165, 1.54) is 0 Å². The maximum absolute atomic E-state index is 12.2. The van der Waals surface area contributed by atoms with E-state index in [4.69, 9.17) is 11.5 Å². The van der Waals surface area contributed by atoms with Gasteiger partial charge in [-0.25, -0.2) is 0 Å². The molecule has 21 heavy (non-hydrogen) atoms. The molecule has 0 spiro atoms. The lowest BCUT2D eigenvalue weighted by Crippen LogP contribution is -2.33. The first-order chi connectivity index (χ1) is 9.93. The van der Waals surface area contributed by atoms with Crippen LogP contribution in [-0.2, 0) is 0 Å². The lowest BCUT2D eigenvalue weighted by Gasteiger charge is -2.14. The molecule has 9 heteroatoms. The van der Waals surface area contributed by atoms with E-state index in [0.717, 1.165) is 7.14 Å². The number of nitrogens with two attached hydrogens (primary N) is 2. The van der Waals surface area contributed by atoms with Crippen molar-refractivity contribution in [3.05, 3.63) is 27.9 Å². The Morgan fingerprint density at radius 2 is 1.29 bits per heavy atom. The standard InChI is InChI=1S/C12H15I3N4O2/c13-6-5-7(14)9(12(21)19-4-2-17)10(15)8(6)11(20)18-3-1-16/h5H,1-4,16-17H2,(H,18,20)(H,19,21). The summed E-state index contributed by atoms with van der Waals surface area (Å²) in [6.45, 7) is 1.53. The molecule has 0 saturated heterocycles. The van der Waals surface area contributed by atoms with Crippen LogP contribution in [0.3, 0.4) is 0 Å². The maximum atomic E-state index is 12.2. The summed E-state index contributed by atoms with van der Waals surface area (Å²) in [5.74, 6) is -0.447. The van der Waals surface area contributed by atoms with Gasteiger partial charge < -0.3 is 22.1 Å². The lowest BCUT2D eigenvalue weighted by molar-refractivity contribution is 0.0952. The van der Waals surface area contributed by atoms with E-state index in [-0.39, 0.29) is 11.8 Å². The largest absolute Gasteiger partial charge is 0.351 e. The number of halogens is 3. The van der Waals surface area contributed by atoms with Gasteiger partial charge in [0.15, 0.2) is 0 Å². The predicted octanol–water partition coefficient (Wildman–Crippen LogP) is 0.877. The van der Waals surface area contributed by atoms with Gasteiger partial charge in [0.25, 0.3) is 11.8 Å². The van der Waals surface area contributed by atoms with E-state index in [0.29, 0.717) is 40.9 Å². The minimum absolute atomic E-state index is 0.224. The molecule has 0 bridgehead atoms. The number of nitrogens with one attached hydrogen (secondary N) is 2. The van der Waals surface area contributed by atoms with Crippen molar-refractivity contribution in [2.75, 3.05) is 26.2 Å². The number of hydrogen-bond donors (Lipinski definition) is 4. The quantitative estimate of drug-likeness (QED) is 0.351. The fourth-order valence-corrected chi connectivity index (χ4v) is 5.91. The van der Waals surface area contributed by atoms with E-state index in [9.17, 15) is 9.59 Å². The van der Waals surface area contributed by atoms with Crippen LogP contribution in [0.15, 0.2) is 6.07 Å². The Morgan fingerprint density at radius 1 is 0.905 bits per heavy atom. The van der Waals surface area contributed by atoms with Crippen LogP contribution in [0.4, 0.5) is 0 Å². The summed E-state index contributed by atoms with van der Waals surface area (Å²) in [5.41, 5.74) is 11.8. The molecule has 2 amide bonds. The second kappa shape index (κ2) is 9.42. The average molecular weight is 628 g/mol. The van der Waals surface area contributed by atoms with Gasteiger partial charge in [-0.05, 0) is 73.8 Å². The molecule has 6 nitrogen and oxygen atoms in total. The van der Waals surface area contributed by atoms with Gasteiger partial charge >= 0.3 is 0 Å². The van der Waals surface area contributed by atoms with Gasteiger partial charge in [-0.1, -0.05) is 0 Å². The molecule has 1 rings (SSSR count). The minimum atomic E-state index is -0.224. The maximum Gasteiger partial charge on any atom is 0.253 e. The van der Waals surface area contributed by atoms with Gasteiger partial charge in [-0.3, -0.25) is 9.59 Å². The summed E-state index contributed by atoms with van der Waals surface area (Å²) in [4.78, 5) is 24.4. The van der Waals surface area contributed by atoms with Crippen molar-refractivity contribution in [1.82, 2.24) is 10.6 Å². The summed E-state index contributed by atoms with van der Waals surface area (Å²) < 4.78 is 2.23. The molecule has 1 aromatic carbocycles. The fourth-order valence-electron chi connectivity index (χ4n) is 1.55. The van der Waals surface area contributed by atoms with E-state index in [1.54, 1.807) is 0 Å². The zero-order valence-electron chi connectivity index (χ0n) is 11.0. The number of hydrogen-bond acceptors (Lipinski definition) is 4. The predicted molar refractivity (Wildman–Crippen MR) is 107 cm³/mol. The average Bonchev–Trinajstić information content (AvgIpc) is 2.42. The van der Waals surface area contributed by atoms with Crippen LogP contribution in [0.1, 0.15) is 20.7 Å². The summed E-state index contributed by atoms with van der Waals surface area (Å²) in [6.07, 6.45) is 0. The highest BCUT2D eigenvalue weighted by Crippen LogP contribution is 2.27. The van der Waals surface area contributed by atoms with E-state index in [1.807, 2.05) is 28.7 Å². The van der Waals surface area contributed by atoms with E-state index < -0.39 is 0 Å². The number of carbonyl (C=O) groups is 2. The van der Waals surface area contributed by atoms with Crippen LogP contribution < -0.4 is 22.1 Å². The number of amides is 2. The Kier molecular flexibility index (Phi) is 8.66. The molecule has 0 saturated carbocycles. The molecular formula is C12H15I3N4O2. The van der Waals surface area contributed by atoms with Gasteiger partial charge in [-0.15, -0.1) is 0 Å². The molecule has 0 aromatic heterocycles. The van der Waals surface area contributed by atoms with Gasteiger partial charge in [-0.2, -0.15) is 0 Å². The minimum Gasteiger partial charge on any atom is -0.351 e. The van der Waals surface area contributed by atoms with Crippen LogP contribution in [0, 0.1) is 10.7 Å². The van der Waals surface area contributed by atoms with Crippen molar-refractivity contribution < 1.29 is 9.59 Å². The fraction of sp³-hybridized carbons (Fsp3) is 0.333. The third-order valence-electron chi connectivity index (χ3n) is 2.48. The van der Waals surface area contributed by atoms with Crippen LogP contribution in [-0.4, -0.2) is 38.0 Å². The monoisotopic (exact) mass is 628 g/mol. The topological polar surface area (TPSA) is 110 Å². The lowest BCUT2D eigenvalue weighted by atomic mass is 10.1. The smallest absolute Gasteiger partial charge is 0.253 e. The van der Waals surface area contributed by atoms with Crippen molar-refractivity contribution in [2.24, 2.45) is 11.5 Å². The van der Waals surface area contributed by atoms with Crippen molar-refractivity contribution in [3.63, 3.8) is 0 Å². The Bertz CT molecular complexity index is 508. The Hall–Kier alpha value is 0.270. The highest BCUT2D eigenvalue weighted by molar-refractivity contribution is 14.1. The summed E-state index contributed by atoms with van der Waals surface area (Å²) in [6, 6.07) is 1.82. The second-order valence-corrected chi connectivity index (χ2v) is 7.40. The molecule has 0 aliphatic heterocycles. The van der Waals surface area contributed by atoms with Crippen molar-refractivity contribution in [2.45, 2.75) is 0 Å². The Labute approximate surface area is 164 Å². The normalized spacial score (nSPS) is 10.3. The summed E-state index contributed by atoms with van der Waals surface area (Å²) >= 11 is 6.22. The summed E-state index contributed by atoms with van der Waals surface area (Å²) in [7, 11) is 0. The third kappa shape index (κ3) is 5.14. The first-order valence-electron chi connectivity index (χ1n) is 6.08. The number of carbonyl (C=O) groups excluding carboxylic acids is 2. The van der Waals surface area contributed by atoms with Gasteiger partial charge in [0.1, 0.15) is 0 Å². The van der Waals surface area contributed by atoms with Crippen molar-refractivity contribution in [1.29, 1.82) is 0 Å². The molecule has 0 aliphatic rings. The molecule has 0 atom stereocenters. The van der Waals surface area contributed by atoms with Gasteiger partial charge in [0.05, 0.1) is 11.1 Å². The number of benzene rings is 1.